The number of aromatic amines is 1. The number of likely N-dealkylation sites (tertiary alicyclic amines) is 1. The summed E-state index contributed by atoms with van der Waals surface area (Å²) in [5, 5.41) is 1.20. The van der Waals surface area contributed by atoms with Gasteiger partial charge in [0, 0.05) is 30.1 Å². The van der Waals surface area contributed by atoms with Crippen LogP contribution < -0.4 is 9.47 Å². The lowest BCUT2D eigenvalue weighted by atomic mass is 10.0. The predicted octanol–water partition coefficient (Wildman–Crippen LogP) is 4.48. The maximum atomic E-state index is 13.0. The van der Waals surface area contributed by atoms with Crippen LogP contribution in [0.1, 0.15) is 36.4 Å². The molecule has 1 saturated heterocycles. The molecule has 1 amide bonds. The first-order valence-corrected chi connectivity index (χ1v) is 9.77. The number of hydrogen-bond acceptors (Lipinski definition) is 3. The van der Waals surface area contributed by atoms with Crippen molar-refractivity contribution in [2.45, 2.75) is 31.7 Å². The Bertz CT molecular complexity index is 979. The third-order valence-electron chi connectivity index (χ3n) is 5.65. The number of carbonyl (C=O) groups excluding carboxylic acids is 1. The molecule has 0 radical (unpaired) electrons. The Hall–Kier alpha value is -2.95. The highest BCUT2D eigenvalue weighted by atomic mass is 16.5. The summed E-state index contributed by atoms with van der Waals surface area (Å²) in [6.45, 7) is 0.811. The van der Waals surface area contributed by atoms with E-state index in [0.29, 0.717) is 17.9 Å². The number of aryl methyl sites for hydroxylation is 1. The molecule has 1 atom stereocenters. The van der Waals surface area contributed by atoms with Crippen molar-refractivity contribution in [2.24, 2.45) is 0 Å². The van der Waals surface area contributed by atoms with Gasteiger partial charge in [-0.2, -0.15) is 0 Å². The predicted molar refractivity (Wildman–Crippen MR) is 110 cm³/mol. The highest BCUT2D eigenvalue weighted by molar-refractivity contribution is 5.84. The highest BCUT2D eigenvalue weighted by Gasteiger charge is 2.30. The number of fused-ring (bicyclic) bond motifs is 1. The second-order valence-electron chi connectivity index (χ2n) is 7.22. The number of carbonyl (C=O) groups is 1. The number of nitrogens with one attached hydrogen (secondary N) is 1. The number of para-hydroxylation sites is 1. The van der Waals surface area contributed by atoms with E-state index in [0.717, 1.165) is 36.9 Å². The Morgan fingerprint density at radius 2 is 1.96 bits per heavy atom. The summed E-state index contributed by atoms with van der Waals surface area (Å²) in [4.78, 5) is 18.3. The minimum absolute atomic E-state index is 0.107. The molecule has 1 unspecified atom stereocenters. The summed E-state index contributed by atoms with van der Waals surface area (Å²) in [6.07, 6.45) is 5.30. The van der Waals surface area contributed by atoms with Crippen molar-refractivity contribution in [2.75, 3.05) is 20.8 Å². The van der Waals surface area contributed by atoms with Crippen LogP contribution in [0.2, 0.25) is 0 Å². The standard InChI is InChI=1S/C23H26N2O3/c1-27-21-11-9-16(14-22(21)28-2)20-8-5-13-25(20)23(26)12-10-17-15-24-19-7-4-3-6-18(17)19/h3-4,6-7,9,11,14-15,20,24H,5,8,10,12-13H2,1-2H3. The molecule has 4 rings (SSSR count). The lowest BCUT2D eigenvalue weighted by Crippen LogP contribution is -2.30. The fourth-order valence-corrected chi connectivity index (χ4v) is 4.20. The average molecular weight is 378 g/mol. The number of nitrogens with zero attached hydrogens (tertiary/aromatic N) is 1. The van der Waals surface area contributed by atoms with Crippen LogP contribution in [0, 0.1) is 0 Å². The first kappa shape index (κ1) is 18.4. The smallest absolute Gasteiger partial charge is 0.223 e. The molecule has 0 saturated carbocycles. The van der Waals surface area contributed by atoms with Gasteiger partial charge in [-0.05, 0) is 48.6 Å². The van der Waals surface area contributed by atoms with Crippen molar-refractivity contribution >= 4 is 16.8 Å². The third-order valence-corrected chi connectivity index (χ3v) is 5.65. The van der Waals surface area contributed by atoms with E-state index in [4.69, 9.17) is 9.47 Å². The van der Waals surface area contributed by atoms with Crippen molar-refractivity contribution in [3.05, 3.63) is 59.8 Å². The van der Waals surface area contributed by atoms with Crippen molar-refractivity contribution in [1.82, 2.24) is 9.88 Å². The van der Waals surface area contributed by atoms with Gasteiger partial charge in [0.2, 0.25) is 5.91 Å². The van der Waals surface area contributed by atoms with Gasteiger partial charge in [-0.1, -0.05) is 24.3 Å². The molecule has 5 nitrogen and oxygen atoms in total. The van der Waals surface area contributed by atoms with Crippen LogP contribution >= 0.6 is 0 Å². The van der Waals surface area contributed by atoms with Crippen LogP contribution in [0.4, 0.5) is 0 Å². The van der Waals surface area contributed by atoms with Crippen LogP contribution in [0.3, 0.4) is 0 Å². The number of rotatable bonds is 6. The molecule has 2 aromatic carbocycles. The zero-order valence-electron chi connectivity index (χ0n) is 16.4. The van der Waals surface area contributed by atoms with Gasteiger partial charge in [0.25, 0.3) is 0 Å². The molecular formula is C23H26N2O3. The topological polar surface area (TPSA) is 54.6 Å². The van der Waals surface area contributed by atoms with E-state index in [9.17, 15) is 4.79 Å². The largest absolute Gasteiger partial charge is 0.493 e. The first-order chi connectivity index (χ1) is 13.7. The molecule has 1 aliphatic heterocycles. The number of aromatic nitrogens is 1. The van der Waals surface area contributed by atoms with E-state index in [2.05, 4.69) is 17.1 Å². The number of hydrogen-bond donors (Lipinski definition) is 1. The van der Waals surface area contributed by atoms with Crippen molar-refractivity contribution in [1.29, 1.82) is 0 Å². The maximum Gasteiger partial charge on any atom is 0.223 e. The summed E-state index contributed by atoms with van der Waals surface area (Å²) < 4.78 is 10.8. The number of benzene rings is 2. The van der Waals surface area contributed by atoms with Crippen molar-refractivity contribution < 1.29 is 14.3 Å². The molecule has 28 heavy (non-hydrogen) atoms. The van der Waals surface area contributed by atoms with E-state index in [1.165, 1.54) is 10.9 Å². The van der Waals surface area contributed by atoms with Crippen LogP contribution in [-0.4, -0.2) is 36.6 Å². The number of amides is 1. The molecule has 3 aromatic rings. The Morgan fingerprint density at radius 3 is 2.79 bits per heavy atom. The monoisotopic (exact) mass is 378 g/mol. The molecule has 1 fully saturated rings. The highest BCUT2D eigenvalue weighted by Crippen LogP contribution is 2.37. The van der Waals surface area contributed by atoms with Crippen LogP contribution in [0.25, 0.3) is 10.9 Å². The van der Waals surface area contributed by atoms with Gasteiger partial charge < -0.3 is 19.4 Å². The average Bonchev–Trinajstić information content (AvgIpc) is 3.39. The van der Waals surface area contributed by atoms with Crippen LogP contribution in [-0.2, 0) is 11.2 Å². The lowest BCUT2D eigenvalue weighted by molar-refractivity contribution is -0.132. The molecule has 146 valence electrons. The Kier molecular flexibility index (Phi) is 5.24. The molecule has 0 bridgehead atoms. The Labute approximate surface area is 165 Å². The maximum absolute atomic E-state index is 13.0. The third kappa shape index (κ3) is 3.44. The fraction of sp³-hybridized carbons (Fsp3) is 0.348. The molecular weight excluding hydrogens is 352 g/mol. The van der Waals surface area contributed by atoms with E-state index in [-0.39, 0.29) is 11.9 Å². The summed E-state index contributed by atoms with van der Waals surface area (Å²) in [5.74, 6) is 1.63. The number of methoxy groups -OCH3 is 2. The van der Waals surface area contributed by atoms with Gasteiger partial charge in [0.1, 0.15) is 0 Å². The van der Waals surface area contributed by atoms with Crippen LogP contribution in [0.15, 0.2) is 48.7 Å². The summed E-state index contributed by atoms with van der Waals surface area (Å²) in [6, 6.07) is 14.3. The zero-order chi connectivity index (χ0) is 19.5. The van der Waals surface area contributed by atoms with Gasteiger partial charge in [0.05, 0.1) is 20.3 Å². The molecule has 1 N–H and O–H groups in total. The van der Waals surface area contributed by atoms with Crippen molar-refractivity contribution in [3.63, 3.8) is 0 Å². The van der Waals surface area contributed by atoms with Gasteiger partial charge in [-0.15, -0.1) is 0 Å². The van der Waals surface area contributed by atoms with Gasteiger partial charge in [0.15, 0.2) is 11.5 Å². The Balaban J connectivity index is 1.48. The fourth-order valence-electron chi connectivity index (χ4n) is 4.20. The zero-order valence-corrected chi connectivity index (χ0v) is 16.4. The summed E-state index contributed by atoms with van der Waals surface area (Å²) >= 11 is 0. The minimum Gasteiger partial charge on any atom is -0.493 e. The van der Waals surface area contributed by atoms with E-state index >= 15 is 0 Å². The first-order valence-electron chi connectivity index (χ1n) is 9.77. The lowest BCUT2D eigenvalue weighted by Gasteiger charge is -2.26. The second kappa shape index (κ2) is 7.97. The molecule has 1 aliphatic rings. The molecule has 0 spiro atoms. The SMILES string of the molecule is COc1ccc(C2CCCN2C(=O)CCc2c[nH]c3ccccc23)cc1OC. The van der Waals surface area contributed by atoms with E-state index in [1.54, 1.807) is 14.2 Å². The summed E-state index contributed by atoms with van der Waals surface area (Å²) in [5.41, 5.74) is 3.43. The Morgan fingerprint density at radius 1 is 1.14 bits per heavy atom. The number of ether oxygens (including phenoxy) is 2. The van der Waals surface area contributed by atoms with Crippen molar-refractivity contribution in [3.8, 4) is 11.5 Å². The van der Waals surface area contributed by atoms with E-state index in [1.807, 2.05) is 41.4 Å². The van der Waals surface area contributed by atoms with Gasteiger partial charge in [-0.25, -0.2) is 0 Å². The van der Waals surface area contributed by atoms with Gasteiger partial charge in [-0.3, -0.25) is 4.79 Å². The normalized spacial score (nSPS) is 16.5. The molecule has 2 heterocycles. The number of H-pyrrole nitrogens is 1. The van der Waals surface area contributed by atoms with Crippen LogP contribution in [0.5, 0.6) is 11.5 Å². The molecule has 5 heteroatoms. The quantitative estimate of drug-likeness (QED) is 0.688. The van der Waals surface area contributed by atoms with Gasteiger partial charge >= 0.3 is 0 Å². The van der Waals surface area contributed by atoms with E-state index < -0.39 is 0 Å². The second-order valence-corrected chi connectivity index (χ2v) is 7.22. The molecule has 0 aliphatic carbocycles. The summed E-state index contributed by atoms with van der Waals surface area (Å²) in [7, 11) is 3.27. The molecule has 1 aromatic heterocycles. The minimum atomic E-state index is 0.107.